The van der Waals surface area contributed by atoms with Gasteiger partial charge in [-0.1, -0.05) is 5.16 Å². The van der Waals surface area contributed by atoms with Crippen LogP contribution in [0.4, 0.5) is 24.9 Å². The van der Waals surface area contributed by atoms with E-state index in [1.807, 2.05) is 0 Å². The highest BCUT2D eigenvalue weighted by molar-refractivity contribution is 5.43. The second-order valence-corrected chi connectivity index (χ2v) is 3.83. The average molecular weight is 287 g/mol. The fraction of sp³-hybridized carbons (Fsp3) is 0.364. The van der Waals surface area contributed by atoms with Crippen LogP contribution in [0.5, 0.6) is 0 Å². The molecule has 0 saturated heterocycles. The molecule has 9 heteroatoms. The van der Waals surface area contributed by atoms with Crippen LogP contribution in [0.15, 0.2) is 22.9 Å². The van der Waals surface area contributed by atoms with Crippen LogP contribution >= 0.6 is 0 Å². The van der Waals surface area contributed by atoms with Crippen LogP contribution in [0, 0.1) is 0 Å². The average Bonchev–Trinajstić information content (AvgIpc) is 2.88. The summed E-state index contributed by atoms with van der Waals surface area (Å²) >= 11 is 0. The van der Waals surface area contributed by atoms with Crippen molar-refractivity contribution in [1.82, 2.24) is 15.1 Å². The van der Waals surface area contributed by atoms with Gasteiger partial charge in [0.15, 0.2) is 5.69 Å². The second-order valence-electron chi connectivity index (χ2n) is 3.83. The van der Waals surface area contributed by atoms with Crippen molar-refractivity contribution in [3.05, 3.63) is 29.8 Å². The number of nitrogens with zero attached hydrogens (tertiary/aromatic N) is 3. The van der Waals surface area contributed by atoms with Crippen molar-refractivity contribution in [3.63, 3.8) is 0 Å². The van der Waals surface area contributed by atoms with Crippen LogP contribution in [-0.2, 0) is 12.7 Å². The standard InChI is InChI=1S/C11H12F3N5O/c1-2-15-10-17-8(11(12,13)14)5-9(18-10)16-6-7-3-4-20-19-7/h3-5H,2,6H2,1H3,(H2,15,16,17,18). The van der Waals surface area contributed by atoms with Crippen molar-refractivity contribution in [2.24, 2.45) is 0 Å². The molecule has 0 radical (unpaired) electrons. The molecule has 0 saturated carbocycles. The Morgan fingerprint density at radius 1 is 1.25 bits per heavy atom. The van der Waals surface area contributed by atoms with Gasteiger partial charge < -0.3 is 15.2 Å². The summed E-state index contributed by atoms with van der Waals surface area (Å²) in [5.74, 6) is -0.0174. The molecular weight excluding hydrogens is 275 g/mol. The Bertz CT molecular complexity index is 556. The van der Waals surface area contributed by atoms with Crippen molar-refractivity contribution in [2.45, 2.75) is 19.6 Å². The van der Waals surface area contributed by atoms with Crippen LogP contribution in [0.3, 0.4) is 0 Å². The minimum absolute atomic E-state index is 0.0614. The van der Waals surface area contributed by atoms with Gasteiger partial charge in [0, 0.05) is 18.7 Å². The molecule has 0 aliphatic heterocycles. The number of hydrogen-bond donors (Lipinski definition) is 2. The van der Waals surface area contributed by atoms with Crippen molar-refractivity contribution < 1.29 is 17.7 Å². The van der Waals surface area contributed by atoms with E-state index in [9.17, 15) is 13.2 Å². The van der Waals surface area contributed by atoms with E-state index >= 15 is 0 Å². The van der Waals surface area contributed by atoms with Crippen LogP contribution in [-0.4, -0.2) is 21.7 Å². The third-order valence-corrected chi connectivity index (χ3v) is 2.29. The highest BCUT2D eigenvalue weighted by Gasteiger charge is 2.33. The Morgan fingerprint density at radius 3 is 2.65 bits per heavy atom. The summed E-state index contributed by atoms with van der Waals surface area (Å²) in [5.41, 5.74) is -0.451. The maximum absolute atomic E-state index is 12.7. The zero-order chi connectivity index (χ0) is 14.6. The third kappa shape index (κ3) is 3.59. The molecule has 2 N–H and O–H groups in total. The van der Waals surface area contributed by atoms with E-state index in [-0.39, 0.29) is 18.3 Å². The minimum atomic E-state index is -4.53. The molecule has 0 spiro atoms. The number of alkyl halides is 3. The van der Waals surface area contributed by atoms with E-state index in [0.717, 1.165) is 6.07 Å². The molecule has 0 aromatic carbocycles. The van der Waals surface area contributed by atoms with Crippen molar-refractivity contribution >= 4 is 11.8 Å². The normalized spacial score (nSPS) is 11.4. The van der Waals surface area contributed by atoms with Gasteiger partial charge in [-0.2, -0.15) is 18.2 Å². The van der Waals surface area contributed by atoms with Gasteiger partial charge in [0.05, 0.1) is 6.54 Å². The molecule has 20 heavy (non-hydrogen) atoms. The van der Waals surface area contributed by atoms with Crippen molar-refractivity contribution in [1.29, 1.82) is 0 Å². The first kappa shape index (κ1) is 14.1. The molecule has 0 bridgehead atoms. The number of halogens is 3. The smallest absolute Gasteiger partial charge is 0.364 e. The van der Waals surface area contributed by atoms with Gasteiger partial charge in [-0.25, -0.2) is 4.98 Å². The van der Waals surface area contributed by atoms with Gasteiger partial charge in [0.2, 0.25) is 5.95 Å². The number of hydrogen-bond acceptors (Lipinski definition) is 6. The van der Waals surface area contributed by atoms with E-state index in [1.165, 1.54) is 6.26 Å². The monoisotopic (exact) mass is 287 g/mol. The van der Waals surface area contributed by atoms with E-state index in [4.69, 9.17) is 0 Å². The molecule has 108 valence electrons. The lowest BCUT2D eigenvalue weighted by Gasteiger charge is -2.11. The minimum Gasteiger partial charge on any atom is -0.364 e. The van der Waals surface area contributed by atoms with Gasteiger partial charge in [-0.05, 0) is 6.92 Å². The number of nitrogens with one attached hydrogen (secondary N) is 2. The zero-order valence-electron chi connectivity index (χ0n) is 10.5. The first-order valence-electron chi connectivity index (χ1n) is 5.82. The van der Waals surface area contributed by atoms with Crippen molar-refractivity contribution in [2.75, 3.05) is 17.2 Å². The summed E-state index contributed by atoms with van der Waals surface area (Å²) < 4.78 is 42.8. The molecule has 2 aromatic heterocycles. The quantitative estimate of drug-likeness (QED) is 0.880. The van der Waals surface area contributed by atoms with Crippen molar-refractivity contribution in [3.8, 4) is 0 Å². The van der Waals surface area contributed by atoms with Gasteiger partial charge in [-0.3, -0.25) is 0 Å². The summed E-state index contributed by atoms with van der Waals surface area (Å²) in [5, 5.41) is 9.04. The topological polar surface area (TPSA) is 75.9 Å². The predicted molar refractivity (Wildman–Crippen MR) is 65.0 cm³/mol. The number of aromatic nitrogens is 3. The largest absolute Gasteiger partial charge is 0.433 e. The summed E-state index contributed by atoms with van der Waals surface area (Å²) in [6.07, 6.45) is -3.15. The molecule has 0 amide bonds. The maximum Gasteiger partial charge on any atom is 0.433 e. The highest BCUT2D eigenvalue weighted by atomic mass is 19.4. The summed E-state index contributed by atoms with van der Waals surface area (Å²) in [6, 6.07) is 2.45. The highest BCUT2D eigenvalue weighted by Crippen LogP contribution is 2.29. The Balaban J connectivity index is 2.20. The first-order chi connectivity index (χ1) is 9.49. The van der Waals surface area contributed by atoms with Gasteiger partial charge >= 0.3 is 6.18 Å². The van der Waals surface area contributed by atoms with Crippen LogP contribution in [0.25, 0.3) is 0 Å². The summed E-state index contributed by atoms with van der Waals surface area (Å²) in [4.78, 5) is 7.36. The zero-order valence-corrected chi connectivity index (χ0v) is 10.5. The fourth-order valence-electron chi connectivity index (χ4n) is 1.43. The molecule has 0 aliphatic carbocycles. The molecule has 2 rings (SSSR count). The molecule has 0 fully saturated rings. The Hall–Kier alpha value is -2.32. The van der Waals surface area contributed by atoms with Gasteiger partial charge in [-0.15, -0.1) is 0 Å². The second kappa shape index (κ2) is 5.76. The van der Waals surface area contributed by atoms with Gasteiger partial charge in [0.1, 0.15) is 17.8 Å². The predicted octanol–water partition coefficient (Wildman–Crippen LogP) is 2.53. The van der Waals surface area contributed by atoms with E-state index in [2.05, 4.69) is 30.3 Å². The molecule has 0 atom stereocenters. The molecular formula is C11H12F3N5O. The van der Waals surface area contributed by atoms with E-state index in [1.54, 1.807) is 13.0 Å². The van der Waals surface area contributed by atoms with Gasteiger partial charge in [0.25, 0.3) is 0 Å². The molecule has 0 unspecified atom stereocenters. The Labute approximate surface area is 112 Å². The molecule has 0 aliphatic rings. The third-order valence-electron chi connectivity index (χ3n) is 2.29. The number of rotatable bonds is 5. The summed E-state index contributed by atoms with van der Waals surface area (Å²) in [7, 11) is 0. The first-order valence-corrected chi connectivity index (χ1v) is 5.82. The maximum atomic E-state index is 12.7. The lowest BCUT2D eigenvalue weighted by atomic mass is 10.3. The lowest BCUT2D eigenvalue weighted by molar-refractivity contribution is -0.141. The van der Waals surface area contributed by atoms with E-state index in [0.29, 0.717) is 12.2 Å². The van der Waals surface area contributed by atoms with Crippen LogP contribution < -0.4 is 10.6 Å². The summed E-state index contributed by atoms with van der Waals surface area (Å²) in [6.45, 7) is 2.37. The lowest BCUT2D eigenvalue weighted by Crippen LogP contribution is -2.14. The van der Waals surface area contributed by atoms with Crippen LogP contribution in [0.2, 0.25) is 0 Å². The molecule has 2 heterocycles. The molecule has 2 aromatic rings. The Kier molecular flexibility index (Phi) is 4.06. The number of anilines is 2. The SMILES string of the molecule is CCNc1nc(NCc2ccon2)cc(C(F)(F)F)n1. The fourth-order valence-corrected chi connectivity index (χ4v) is 1.43. The van der Waals surface area contributed by atoms with E-state index < -0.39 is 11.9 Å². The Morgan fingerprint density at radius 2 is 2.05 bits per heavy atom. The molecule has 6 nitrogen and oxygen atoms in total. The van der Waals surface area contributed by atoms with Crippen LogP contribution in [0.1, 0.15) is 18.3 Å².